The molecule has 0 saturated heterocycles. The Kier molecular flexibility index (Phi) is 4.24. The van der Waals surface area contributed by atoms with Crippen molar-refractivity contribution in [2.45, 2.75) is 6.42 Å². The summed E-state index contributed by atoms with van der Waals surface area (Å²) in [7, 11) is 2.05. The van der Waals surface area contributed by atoms with Gasteiger partial charge in [0, 0.05) is 32.2 Å². The molecule has 0 unspecified atom stereocenters. The van der Waals surface area contributed by atoms with Crippen LogP contribution in [0.1, 0.15) is 5.56 Å². The molecule has 0 aromatic carbocycles. The van der Waals surface area contributed by atoms with E-state index < -0.39 is 0 Å². The van der Waals surface area contributed by atoms with Gasteiger partial charge in [0.2, 0.25) is 0 Å². The lowest BCUT2D eigenvalue weighted by molar-refractivity contribution is 0.850. The SMILES string of the molecule is CN(CCc1ccncc1)c1ncncc1I. The van der Waals surface area contributed by atoms with Crippen molar-refractivity contribution in [3.8, 4) is 0 Å². The maximum atomic E-state index is 4.29. The van der Waals surface area contributed by atoms with E-state index >= 15 is 0 Å². The van der Waals surface area contributed by atoms with Gasteiger partial charge >= 0.3 is 0 Å². The summed E-state index contributed by atoms with van der Waals surface area (Å²) < 4.78 is 1.07. The van der Waals surface area contributed by atoms with E-state index in [2.05, 4.69) is 42.4 Å². The molecule has 0 N–H and O–H groups in total. The van der Waals surface area contributed by atoms with E-state index in [9.17, 15) is 0 Å². The molecule has 0 amide bonds. The highest BCUT2D eigenvalue weighted by Crippen LogP contribution is 2.16. The molecule has 2 aromatic rings. The highest BCUT2D eigenvalue weighted by atomic mass is 127. The van der Waals surface area contributed by atoms with Gasteiger partial charge in [-0.2, -0.15) is 0 Å². The maximum Gasteiger partial charge on any atom is 0.145 e. The molecule has 0 atom stereocenters. The van der Waals surface area contributed by atoms with Crippen LogP contribution >= 0.6 is 22.6 Å². The minimum atomic E-state index is 0.928. The highest BCUT2D eigenvalue weighted by molar-refractivity contribution is 14.1. The number of hydrogen-bond acceptors (Lipinski definition) is 4. The first kappa shape index (κ1) is 12.2. The molecule has 88 valence electrons. The summed E-state index contributed by atoms with van der Waals surface area (Å²) in [4.78, 5) is 14.4. The van der Waals surface area contributed by atoms with Crippen LogP contribution in [0.3, 0.4) is 0 Å². The van der Waals surface area contributed by atoms with Gasteiger partial charge in [0.05, 0.1) is 3.57 Å². The van der Waals surface area contributed by atoms with Crippen LogP contribution in [0.5, 0.6) is 0 Å². The van der Waals surface area contributed by atoms with E-state index in [4.69, 9.17) is 0 Å². The molecule has 2 rings (SSSR count). The first-order valence-electron chi connectivity index (χ1n) is 5.33. The van der Waals surface area contributed by atoms with Crippen LogP contribution in [0, 0.1) is 3.57 Å². The van der Waals surface area contributed by atoms with Gasteiger partial charge in [-0.05, 0) is 46.7 Å². The predicted octanol–water partition coefficient (Wildman–Crippen LogP) is 2.16. The Labute approximate surface area is 114 Å². The van der Waals surface area contributed by atoms with Crippen LogP contribution in [-0.4, -0.2) is 28.5 Å². The summed E-state index contributed by atoms with van der Waals surface area (Å²) >= 11 is 2.25. The van der Waals surface area contributed by atoms with Gasteiger partial charge in [-0.1, -0.05) is 0 Å². The van der Waals surface area contributed by atoms with Crippen molar-refractivity contribution >= 4 is 28.4 Å². The van der Waals surface area contributed by atoms with Crippen molar-refractivity contribution in [3.63, 3.8) is 0 Å². The highest BCUT2D eigenvalue weighted by Gasteiger charge is 2.06. The van der Waals surface area contributed by atoms with Crippen LogP contribution in [0.15, 0.2) is 37.1 Å². The van der Waals surface area contributed by atoms with Crippen molar-refractivity contribution in [1.29, 1.82) is 0 Å². The Hall–Kier alpha value is -1.24. The van der Waals surface area contributed by atoms with E-state index in [0.29, 0.717) is 0 Å². The first-order chi connectivity index (χ1) is 8.27. The number of aromatic nitrogens is 3. The second-order valence-corrected chi connectivity index (χ2v) is 4.88. The molecule has 0 radical (unpaired) electrons. The summed E-state index contributed by atoms with van der Waals surface area (Å²) in [6.07, 6.45) is 8.04. The third-order valence-corrected chi connectivity index (χ3v) is 3.26. The van der Waals surface area contributed by atoms with Gasteiger partial charge in [0.25, 0.3) is 0 Å². The molecule has 2 aromatic heterocycles. The van der Waals surface area contributed by atoms with E-state index in [-0.39, 0.29) is 0 Å². The van der Waals surface area contributed by atoms with Crippen molar-refractivity contribution in [1.82, 2.24) is 15.0 Å². The third-order valence-electron chi connectivity index (χ3n) is 2.49. The largest absolute Gasteiger partial charge is 0.358 e. The number of likely N-dealkylation sites (N-methyl/N-ethyl adjacent to an activating group) is 1. The topological polar surface area (TPSA) is 41.9 Å². The zero-order valence-electron chi connectivity index (χ0n) is 9.55. The summed E-state index contributed by atoms with van der Waals surface area (Å²) in [5.41, 5.74) is 1.29. The lowest BCUT2D eigenvalue weighted by Crippen LogP contribution is -2.22. The minimum Gasteiger partial charge on any atom is -0.358 e. The maximum absolute atomic E-state index is 4.29. The van der Waals surface area contributed by atoms with Gasteiger partial charge in [-0.3, -0.25) is 4.98 Å². The standard InChI is InChI=1S/C12H13IN4/c1-17(12-11(13)8-15-9-16-12)7-4-10-2-5-14-6-3-10/h2-3,5-6,8-9H,4,7H2,1H3. The van der Waals surface area contributed by atoms with Crippen LogP contribution in [0.4, 0.5) is 5.82 Å². The Morgan fingerprint density at radius 2 is 2.00 bits per heavy atom. The zero-order valence-corrected chi connectivity index (χ0v) is 11.7. The van der Waals surface area contributed by atoms with E-state index in [1.807, 2.05) is 37.8 Å². The summed E-state index contributed by atoms with van der Waals surface area (Å²) in [6.45, 7) is 0.928. The van der Waals surface area contributed by atoms with E-state index in [1.165, 1.54) is 5.56 Å². The first-order valence-corrected chi connectivity index (χ1v) is 6.41. The molecule has 0 fully saturated rings. The lowest BCUT2D eigenvalue weighted by Gasteiger charge is -2.18. The molecule has 0 saturated carbocycles. The summed E-state index contributed by atoms with van der Waals surface area (Å²) in [5.74, 6) is 0.981. The number of halogens is 1. The van der Waals surface area contributed by atoms with Gasteiger partial charge < -0.3 is 4.90 Å². The quantitative estimate of drug-likeness (QED) is 0.800. The van der Waals surface area contributed by atoms with Crippen molar-refractivity contribution in [3.05, 3.63) is 46.2 Å². The Morgan fingerprint density at radius 1 is 1.24 bits per heavy atom. The zero-order chi connectivity index (χ0) is 12.1. The molecule has 5 heteroatoms. The fourth-order valence-corrected chi connectivity index (χ4v) is 2.25. The fourth-order valence-electron chi connectivity index (χ4n) is 1.54. The van der Waals surface area contributed by atoms with Crippen molar-refractivity contribution in [2.75, 3.05) is 18.5 Å². The molecular formula is C12H13IN4. The molecule has 0 aliphatic carbocycles. The number of hydrogen-bond donors (Lipinski definition) is 0. The van der Waals surface area contributed by atoms with Gasteiger partial charge in [0.15, 0.2) is 0 Å². The average Bonchev–Trinajstić information content (AvgIpc) is 2.38. The van der Waals surface area contributed by atoms with Gasteiger partial charge in [-0.15, -0.1) is 0 Å². The van der Waals surface area contributed by atoms with E-state index in [0.717, 1.165) is 22.4 Å². The number of anilines is 1. The molecule has 0 aliphatic heterocycles. The Bertz CT molecular complexity index is 475. The fraction of sp³-hybridized carbons (Fsp3) is 0.250. The molecule has 4 nitrogen and oxygen atoms in total. The molecule has 0 bridgehead atoms. The number of nitrogens with zero attached hydrogens (tertiary/aromatic N) is 4. The normalized spacial score (nSPS) is 10.2. The van der Waals surface area contributed by atoms with Crippen LogP contribution in [0.25, 0.3) is 0 Å². The van der Waals surface area contributed by atoms with Crippen LogP contribution in [-0.2, 0) is 6.42 Å². The second kappa shape index (κ2) is 5.90. The van der Waals surface area contributed by atoms with Gasteiger partial charge in [-0.25, -0.2) is 9.97 Å². The average molecular weight is 340 g/mol. The van der Waals surface area contributed by atoms with Crippen molar-refractivity contribution < 1.29 is 0 Å². The minimum absolute atomic E-state index is 0.928. The third kappa shape index (κ3) is 3.36. The smallest absolute Gasteiger partial charge is 0.145 e. The second-order valence-electron chi connectivity index (χ2n) is 3.72. The molecule has 2 heterocycles. The predicted molar refractivity (Wildman–Crippen MR) is 76.0 cm³/mol. The monoisotopic (exact) mass is 340 g/mol. The summed E-state index contributed by atoms with van der Waals surface area (Å²) in [5, 5.41) is 0. The molecule has 0 spiro atoms. The Balaban J connectivity index is 1.99. The van der Waals surface area contributed by atoms with Crippen LogP contribution in [0.2, 0.25) is 0 Å². The van der Waals surface area contributed by atoms with Gasteiger partial charge in [0.1, 0.15) is 12.1 Å². The molecule has 0 aliphatic rings. The molecular weight excluding hydrogens is 327 g/mol. The summed E-state index contributed by atoms with van der Waals surface area (Å²) in [6, 6.07) is 4.08. The number of rotatable bonds is 4. The number of pyridine rings is 1. The van der Waals surface area contributed by atoms with E-state index in [1.54, 1.807) is 6.33 Å². The van der Waals surface area contributed by atoms with Crippen molar-refractivity contribution in [2.24, 2.45) is 0 Å². The van der Waals surface area contributed by atoms with Crippen LogP contribution < -0.4 is 4.90 Å². The lowest BCUT2D eigenvalue weighted by atomic mass is 10.2. The molecule has 17 heavy (non-hydrogen) atoms. The Morgan fingerprint density at radius 3 is 2.71 bits per heavy atom.